The molecule has 166 valence electrons. The maximum atomic E-state index is 14.5. The number of likely N-dealkylation sites (tertiary alicyclic amines) is 2. The van der Waals surface area contributed by atoms with Gasteiger partial charge in [-0.2, -0.15) is 5.10 Å². The number of nitrogens with zero attached hydrogens (tertiary/aromatic N) is 3. The Morgan fingerprint density at radius 2 is 1.94 bits per heavy atom. The van der Waals surface area contributed by atoms with Gasteiger partial charge in [-0.1, -0.05) is 18.2 Å². The van der Waals surface area contributed by atoms with E-state index in [4.69, 9.17) is 0 Å². The van der Waals surface area contributed by atoms with Crippen molar-refractivity contribution in [2.45, 2.75) is 51.9 Å². The van der Waals surface area contributed by atoms with Crippen LogP contribution in [0.2, 0.25) is 0 Å². The molecule has 2 saturated heterocycles. The number of halogens is 1. The lowest BCUT2D eigenvalue weighted by molar-refractivity contribution is -0.149. The second-order valence-corrected chi connectivity index (χ2v) is 9.11. The van der Waals surface area contributed by atoms with Crippen molar-refractivity contribution < 1.29 is 14.0 Å². The van der Waals surface area contributed by atoms with Gasteiger partial charge >= 0.3 is 0 Å². The normalized spacial score (nSPS) is 21.2. The zero-order chi connectivity index (χ0) is 22.0. The number of aromatic nitrogens is 2. The number of H-pyrrole nitrogens is 1. The van der Waals surface area contributed by atoms with Gasteiger partial charge in [-0.15, -0.1) is 0 Å². The summed E-state index contributed by atoms with van der Waals surface area (Å²) in [5.74, 6) is 0.0943. The number of aryl methyl sites for hydroxylation is 1. The summed E-state index contributed by atoms with van der Waals surface area (Å²) in [6.45, 7) is 6.04. The summed E-state index contributed by atoms with van der Waals surface area (Å²) in [5, 5.41) is 7.26. The Morgan fingerprint density at radius 1 is 1.19 bits per heavy atom. The second-order valence-electron chi connectivity index (χ2n) is 9.11. The summed E-state index contributed by atoms with van der Waals surface area (Å²) in [5.41, 5.74) is 2.12. The van der Waals surface area contributed by atoms with Crippen LogP contribution >= 0.6 is 0 Å². The first-order valence-electron chi connectivity index (χ1n) is 11.2. The zero-order valence-electron chi connectivity index (χ0n) is 18.4. The SMILES string of the molecule is CC(=O)N1CCC(Cc2ccccc2F)(C(=O)N2CCCC(c3[nH]ncc3C)C2)CC1. The minimum Gasteiger partial charge on any atom is -0.343 e. The fraction of sp³-hybridized carbons (Fsp3) is 0.542. The van der Waals surface area contributed by atoms with Crippen LogP contribution in [0, 0.1) is 18.2 Å². The molecule has 1 aromatic heterocycles. The summed E-state index contributed by atoms with van der Waals surface area (Å²) in [4.78, 5) is 29.6. The van der Waals surface area contributed by atoms with E-state index in [0.717, 1.165) is 30.6 Å². The molecular formula is C24H31FN4O2. The van der Waals surface area contributed by atoms with Gasteiger partial charge in [-0.3, -0.25) is 14.7 Å². The molecule has 2 aliphatic heterocycles. The molecule has 0 bridgehead atoms. The quantitative estimate of drug-likeness (QED) is 0.814. The predicted octanol–water partition coefficient (Wildman–Crippen LogP) is 3.43. The Balaban J connectivity index is 1.58. The highest BCUT2D eigenvalue weighted by molar-refractivity contribution is 5.84. The molecule has 3 heterocycles. The van der Waals surface area contributed by atoms with Gasteiger partial charge in [-0.05, 0) is 56.2 Å². The molecule has 1 atom stereocenters. The highest BCUT2D eigenvalue weighted by Crippen LogP contribution is 2.39. The number of rotatable bonds is 4. The molecule has 2 amide bonds. The average Bonchev–Trinajstić information content (AvgIpc) is 3.21. The van der Waals surface area contributed by atoms with Crippen LogP contribution in [0.5, 0.6) is 0 Å². The Labute approximate surface area is 182 Å². The van der Waals surface area contributed by atoms with Crippen LogP contribution in [0.15, 0.2) is 30.5 Å². The van der Waals surface area contributed by atoms with Crippen molar-refractivity contribution in [3.8, 4) is 0 Å². The van der Waals surface area contributed by atoms with Crippen molar-refractivity contribution in [1.82, 2.24) is 20.0 Å². The van der Waals surface area contributed by atoms with E-state index < -0.39 is 5.41 Å². The molecule has 0 aliphatic carbocycles. The number of aromatic amines is 1. The molecule has 2 fully saturated rings. The number of piperidine rings is 2. The van der Waals surface area contributed by atoms with Gasteiger partial charge in [-0.25, -0.2) is 4.39 Å². The van der Waals surface area contributed by atoms with Crippen molar-refractivity contribution in [2.75, 3.05) is 26.2 Å². The summed E-state index contributed by atoms with van der Waals surface area (Å²) < 4.78 is 14.5. The first kappa shape index (κ1) is 21.5. The van der Waals surface area contributed by atoms with Crippen LogP contribution in [0.4, 0.5) is 4.39 Å². The zero-order valence-corrected chi connectivity index (χ0v) is 18.4. The second kappa shape index (κ2) is 8.81. The van der Waals surface area contributed by atoms with Crippen LogP contribution in [-0.4, -0.2) is 58.0 Å². The molecule has 2 aliphatic rings. The number of benzene rings is 1. The molecule has 6 nitrogen and oxygen atoms in total. The van der Waals surface area contributed by atoms with Crippen LogP contribution in [-0.2, 0) is 16.0 Å². The van der Waals surface area contributed by atoms with E-state index in [9.17, 15) is 14.0 Å². The monoisotopic (exact) mass is 426 g/mol. The maximum absolute atomic E-state index is 14.5. The Hall–Kier alpha value is -2.70. The lowest BCUT2D eigenvalue weighted by atomic mass is 9.72. The van der Waals surface area contributed by atoms with Gasteiger partial charge in [0, 0.05) is 44.7 Å². The lowest BCUT2D eigenvalue weighted by Gasteiger charge is -2.45. The van der Waals surface area contributed by atoms with Crippen LogP contribution in [0.25, 0.3) is 0 Å². The highest BCUT2D eigenvalue weighted by atomic mass is 19.1. The largest absolute Gasteiger partial charge is 0.343 e. The fourth-order valence-corrected chi connectivity index (χ4v) is 5.22. The summed E-state index contributed by atoms with van der Waals surface area (Å²) in [6.07, 6.45) is 5.27. The summed E-state index contributed by atoms with van der Waals surface area (Å²) >= 11 is 0. The van der Waals surface area contributed by atoms with E-state index in [1.165, 1.54) is 6.07 Å². The lowest BCUT2D eigenvalue weighted by Crippen LogP contribution is -2.54. The molecular weight excluding hydrogens is 395 g/mol. The number of carbonyl (C=O) groups is 2. The summed E-state index contributed by atoms with van der Waals surface area (Å²) in [7, 11) is 0. The molecule has 1 unspecified atom stereocenters. The van der Waals surface area contributed by atoms with Crippen molar-refractivity contribution in [1.29, 1.82) is 0 Å². The third kappa shape index (κ3) is 4.36. The molecule has 2 aromatic rings. The predicted molar refractivity (Wildman–Crippen MR) is 116 cm³/mol. The minimum atomic E-state index is -0.681. The standard InChI is InChI=1S/C24H31FN4O2/c1-17-15-26-27-22(17)20-7-5-11-29(16-20)23(31)24(9-12-28(13-10-24)18(2)30)14-19-6-3-4-8-21(19)25/h3-4,6,8,15,20H,5,7,9-14,16H2,1-2H3,(H,26,27). The highest BCUT2D eigenvalue weighted by Gasteiger charge is 2.45. The average molecular weight is 427 g/mol. The van der Waals surface area contributed by atoms with Crippen LogP contribution < -0.4 is 0 Å². The van der Waals surface area contributed by atoms with Gasteiger partial charge in [0.25, 0.3) is 0 Å². The number of hydrogen-bond donors (Lipinski definition) is 1. The van der Waals surface area contributed by atoms with Crippen molar-refractivity contribution in [2.24, 2.45) is 5.41 Å². The molecule has 0 saturated carbocycles. The van der Waals surface area contributed by atoms with Crippen LogP contribution in [0.1, 0.15) is 55.3 Å². The van der Waals surface area contributed by atoms with Crippen molar-refractivity contribution in [3.05, 3.63) is 53.1 Å². The topological polar surface area (TPSA) is 69.3 Å². The molecule has 0 radical (unpaired) electrons. The van der Waals surface area contributed by atoms with Gasteiger partial charge in [0.05, 0.1) is 11.6 Å². The third-order valence-corrected chi connectivity index (χ3v) is 7.09. The van der Waals surface area contributed by atoms with Gasteiger partial charge < -0.3 is 9.80 Å². The number of amides is 2. The van der Waals surface area contributed by atoms with E-state index in [0.29, 0.717) is 44.5 Å². The van der Waals surface area contributed by atoms with E-state index in [1.54, 1.807) is 24.0 Å². The Bertz CT molecular complexity index is 949. The first-order chi connectivity index (χ1) is 14.9. The molecule has 7 heteroatoms. The van der Waals surface area contributed by atoms with Gasteiger partial charge in [0.1, 0.15) is 5.82 Å². The number of nitrogens with one attached hydrogen (secondary N) is 1. The van der Waals surface area contributed by atoms with Gasteiger partial charge in [0.15, 0.2) is 0 Å². The van der Waals surface area contributed by atoms with Gasteiger partial charge in [0.2, 0.25) is 11.8 Å². The molecule has 31 heavy (non-hydrogen) atoms. The minimum absolute atomic E-state index is 0.0275. The first-order valence-corrected chi connectivity index (χ1v) is 11.2. The third-order valence-electron chi connectivity index (χ3n) is 7.09. The van der Waals surface area contributed by atoms with E-state index in [1.807, 2.05) is 24.1 Å². The summed E-state index contributed by atoms with van der Waals surface area (Å²) in [6, 6.07) is 6.72. The van der Waals surface area contributed by atoms with E-state index in [2.05, 4.69) is 10.2 Å². The number of hydrogen-bond acceptors (Lipinski definition) is 3. The number of carbonyl (C=O) groups excluding carboxylic acids is 2. The smallest absolute Gasteiger partial charge is 0.229 e. The molecule has 0 spiro atoms. The van der Waals surface area contributed by atoms with Crippen molar-refractivity contribution in [3.63, 3.8) is 0 Å². The van der Waals surface area contributed by atoms with E-state index in [-0.39, 0.29) is 23.5 Å². The Morgan fingerprint density at radius 3 is 2.58 bits per heavy atom. The van der Waals surface area contributed by atoms with E-state index >= 15 is 0 Å². The van der Waals surface area contributed by atoms with Crippen LogP contribution in [0.3, 0.4) is 0 Å². The van der Waals surface area contributed by atoms with Crippen molar-refractivity contribution >= 4 is 11.8 Å². The fourth-order valence-electron chi connectivity index (χ4n) is 5.22. The molecule has 1 aromatic carbocycles. The maximum Gasteiger partial charge on any atom is 0.229 e. The molecule has 1 N–H and O–H groups in total. The Kier molecular flexibility index (Phi) is 6.12. The molecule has 4 rings (SSSR count).